The van der Waals surface area contributed by atoms with Crippen LogP contribution in [0.4, 0.5) is 0 Å². The van der Waals surface area contributed by atoms with Crippen LogP contribution in [0.3, 0.4) is 0 Å². The molecule has 0 radical (unpaired) electrons. The Morgan fingerprint density at radius 3 is 2.60 bits per heavy atom. The molecule has 0 spiro atoms. The normalized spacial score (nSPS) is 13.2. The molecule has 1 N–H and O–H groups in total. The Morgan fingerprint density at radius 2 is 1.85 bits per heavy atom. The molecule has 0 amide bonds. The maximum absolute atomic E-state index is 12.1. The number of aromatic hydroxyl groups is 1. The quantitative estimate of drug-likeness (QED) is 0.544. The van der Waals surface area contributed by atoms with Crippen LogP contribution < -0.4 is 10.4 Å². The molecule has 1 aromatic heterocycles. The Balaban J connectivity index is 2.31. The molecule has 1 heterocycles. The smallest absolute Gasteiger partial charge is 0.344 e. The van der Waals surface area contributed by atoms with Crippen LogP contribution in [-0.4, -0.2) is 12.2 Å². The van der Waals surface area contributed by atoms with Crippen molar-refractivity contribution in [2.45, 2.75) is 12.8 Å². The van der Waals surface area contributed by atoms with Crippen molar-refractivity contribution in [3.05, 3.63) is 45.8 Å². The summed E-state index contributed by atoms with van der Waals surface area (Å²) in [4.78, 5) is 12.1. The van der Waals surface area contributed by atoms with E-state index in [0.717, 1.165) is 34.7 Å². The first kappa shape index (κ1) is 11.3. The van der Waals surface area contributed by atoms with Crippen molar-refractivity contribution in [3.63, 3.8) is 0 Å². The van der Waals surface area contributed by atoms with Crippen molar-refractivity contribution >= 4 is 21.7 Å². The molecule has 20 heavy (non-hydrogen) atoms. The zero-order valence-electron chi connectivity index (χ0n) is 10.9. The van der Waals surface area contributed by atoms with Crippen LogP contribution in [0.15, 0.2) is 33.5 Å². The second kappa shape index (κ2) is 3.76. The molecule has 0 saturated carbocycles. The van der Waals surface area contributed by atoms with E-state index in [1.807, 2.05) is 6.07 Å². The molecule has 100 valence electrons. The minimum absolute atomic E-state index is 0.108. The fraction of sp³-hybridized carbons (Fsp3) is 0.188. The lowest BCUT2D eigenvalue weighted by molar-refractivity contribution is 0.413. The highest BCUT2D eigenvalue weighted by Gasteiger charge is 2.20. The van der Waals surface area contributed by atoms with Crippen LogP contribution in [0.1, 0.15) is 11.1 Å². The van der Waals surface area contributed by atoms with Crippen LogP contribution in [0.2, 0.25) is 0 Å². The summed E-state index contributed by atoms with van der Waals surface area (Å²) < 4.78 is 10.6. The second-order valence-electron chi connectivity index (χ2n) is 5.08. The van der Waals surface area contributed by atoms with Gasteiger partial charge in [0.05, 0.1) is 12.5 Å². The van der Waals surface area contributed by atoms with Crippen molar-refractivity contribution in [1.29, 1.82) is 0 Å². The molecule has 0 unspecified atom stereocenters. The van der Waals surface area contributed by atoms with Gasteiger partial charge in [-0.1, -0.05) is 0 Å². The molecular formula is C16H12O4. The number of hydrogen-bond donors (Lipinski definition) is 1. The van der Waals surface area contributed by atoms with E-state index >= 15 is 0 Å². The minimum atomic E-state index is -0.425. The number of ether oxygens (including phenoxy) is 1. The third-order valence-electron chi connectivity index (χ3n) is 3.93. The summed E-state index contributed by atoms with van der Waals surface area (Å²) in [5.41, 5.74) is 2.23. The highest BCUT2D eigenvalue weighted by Crippen LogP contribution is 2.37. The zero-order valence-corrected chi connectivity index (χ0v) is 10.9. The Hall–Kier alpha value is -2.49. The lowest BCUT2D eigenvalue weighted by Crippen LogP contribution is -2.08. The first-order valence-corrected chi connectivity index (χ1v) is 6.46. The molecule has 2 aromatic carbocycles. The van der Waals surface area contributed by atoms with E-state index in [9.17, 15) is 9.90 Å². The highest BCUT2D eigenvalue weighted by atomic mass is 16.5. The number of aryl methyl sites for hydroxylation is 2. The van der Waals surface area contributed by atoms with E-state index in [4.69, 9.17) is 9.15 Å². The van der Waals surface area contributed by atoms with Gasteiger partial charge in [0, 0.05) is 16.8 Å². The van der Waals surface area contributed by atoms with Gasteiger partial charge in [0.2, 0.25) is 0 Å². The molecule has 3 aromatic rings. The molecular weight excluding hydrogens is 256 g/mol. The first-order chi connectivity index (χ1) is 9.67. The number of methoxy groups -OCH3 is 1. The van der Waals surface area contributed by atoms with E-state index in [2.05, 4.69) is 0 Å². The average Bonchev–Trinajstić information content (AvgIpc) is 2.44. The van der Waals surface area contributed by atoms with Gasteiger partial charge in [-0.05, 0) is 42.2 Å². The van der Waals surface area contributed by atoms with Gasteiger partial charge in [-0.15, -0.1) is 0 Å². The van der Waals surface area contributed by atoms with Crippen LogP contribution in [-0.2, 0) is 12.8 Å². The monoisotopic (exact) mass is 268 g/mol. The molecule has 4 nitrogen and oxygen atoms in total. The van der Waals surface area contributed by atoms with Gasteiger partial charge in [0.1, 0.15) is 17.1 Å². The standard InChI is InChI=1S/C16H12O4/c1-19-11-5-9-3-2-8-4-10(17)6-12-14(8)15(9)13(7-11)20-16(12)18/h4-7,17H,2-3H2,1H3. The Morgan fingerprint density at radius 1 is 1.10 bits per heavy atom. The molecule has 0 bridgehead atoms. The van der Waals surface area contributed by atoms with Crippen molar-refractivity contribution < 1.29 is 14.3 Å². The average molecular weight is 268 g/mol. The van der Waals surface area contributed by atoms with Gasteiger partial charge < -0.3 is 14.3 Å². The molecule has 1 aliphatic rings. The maximum Gasteiger partial charge on any atom is 0.344 e. The Bertz CT molecular complexity index is 921. The lowest BCUT2D eigenvalue weighted by atomic mass is 9.88. The predicted molar refractivity (Wildman–Crippen MR) is 75.6 cm³/mol. The van der Waals surface area contributed by atoms with Crippen LogP contribution in [0.5, 0.6) is 11.5 Å². The van der Waals surface area contributed by atoms with Gasteiger partial charge in [0.25, 0.3) is 0 Å². The maximum atomic E-state index is 12.1. The Labute approximate surface area is 114 Å². The third-order valence-corrected chi connectivity index (χ3v) is 3.93. The van der Waals surface area contributed by atoms with Crippen molar-refractivity contribution in [1.82, 2.24) is 0 Å². The summed E-state index contributed by atoms with van der Waals surface area (Å²) in [5.74, 6) is 0.799. The topological polar surface area (TPSA) is 59.7 Å². The van der Waals surface area contributed by atoms with Gasteiger partial charge >= 0.3 is 5.63 Å². The second-order valence-corrected chi connectivity index (χ2v) is 5.08. The zero-order chi connectivity index (χ0) is 13.9. The molecule has 0 aliphatic heterocycles. The summed E-state index contributed by atoms with van der Waals surface area (Å²) in [7, 11) is 1.60. The van der Waals surface area contributed by atoms with Crippen LogP contribution in [0.25, 0.3) is 21.7 Å². The molecule has 4 heteroatoms. The van der Waals surface area contributed by atoms with E-state index in [1.165, 1.54) is 6.07 Å². The Kier molecular flexibility index (Phi) is 2.13. The van der Waals surface area contributed by atoms with Gasteiger partial charge in [-0.2, -0.15) is 0 Å². The van der Waals surface area contributed by atoms with Crippen molar-refractivity contribution in [3.8, 4) is 11.5 Å². The summed E-state index contributed by atoms with van der Waals surface area (Å²) in [6.07, 6.45) is 1.64. The minimum Gasteiger partial charge on any atom is -0.508 e. The number of phenolic OH excluding ortho intramolecular Hbond substituents is 1. The van der Waals surface area contributed by atoms with E-state index < -0.39 is 5.63 Å². The van der Waals surface area contributed by atoms with E-state index in [1.54, 1.807) is 19.2 Å². The highest BCUT2D eigenvalue weighted by molar-refractivity contribution is 6.09. The summed E-state index contributed by atoms with van der Waals surface area (Å²) in [5, 5.41) is 12.0. The number of hydrogen-bond acceptors (Lipinski definition) is 4. The van der Waals surface area contributed by atoms with Gasteiger partial charge in [-0.3, -0.25) is 0 Å². The largest absolute Gasteiger partial charge is 0.508 e. The fourth-order valence-corrected chi connectivity index (χ4v) is 3.09. The van der Waals surface area contributed by atoms with Gasteiger partial charge in [0.15, 0.2) is 0 Å². The predicted octanol–water partition coefficient (Wildman–Crippen LogP) is 2.76. The van der Waals surface area contributed by atoms with Crippen molar-refractivity contribution in [2.75, 3.05) is 7.11 Å². The molecule has 0 fully saturated rings. The molecule has 0 saturated heterocycles. The number of benzene rings is 2. The first-order valence-electron chi connectivity index (χ1n) is 6.46. The van der Waals surface area contributed by atoms with Crippen LogP contribution >= 0.6 is 0 Å². The van der Waals surface area contributed by atoms with E-state index in [0.29, 0.717) is 16.7 Å². The number of rotatable bonds is 1. The van der Waals surface area contributed by atoms with Crippen LogP contribution in [0, 0.1) is 0 Å². The summed E-state index contributed by atoms with van der Waals surface area (Å²) in [6, 6.07) is 6.93. The summed E-state index contributed by atoms with van der Waals surface area (Å²) in [6.45, 7) is 0. The number of phenols is 1. The molecule has 0 atom stereocenters. The molecule has 1 aliphatic carbocycles. The lowest BCUT2D eigenvalue weighted by Gasteiger charge is -2.18. The van der Waals surface area contributed by atoms with Gasteiger partial charge in [-0.25, -0.2) is 4.79 Å². The summed E-state index contributed by atoms with van der Waals surface area (Å²) >= 11 is 0. The SMILES string of the molecule is COc1cc2c3c(c1)oc(=O)c1cc(O)cc(c13)CC2. The third kappa shape index (κ3) is 1.39. The fourth-order valence-electron chi connectivity index (χ4n) is 3.09. The van der Waals surface area contributed by atoms with Crippen molar-refractivity contribution in [2.24, 2.45) is 0 Å². The van der Waals surface area contributed by atoms with E-state index in [-0.39, 0.29) is 5.75 Å². The molecule has 4 rings (SSSR count).